The summed E-state index contributed by atoms with van der Waals surface area (Å²) in [4.78, 5) is 11.1. The normalized spacial score (nSPS) is 11.0. The van der Waals surface area contributed by atoms with Crippen LogP contribution in [0.5, 0.6) is 0 Å². The van der Waals surface area contributed by atoms with Gasteiger partial charge in [0.05, 0.1) is 0 Å². The van der Waals surface area contributed by atoms with E-state index >= 15 is 0 Å². The first-order chi connectivity index (χ1) is 9.04. The molecule has 1 rings (SSSR count). The molecule has 0 saturated heterocycles. The average molecular weight is 265 g/mol. The zero-order valence-corrected chi connectivity index (χ0v) is 12.7. The summed E-state index contributed by atoms with van der Waals surface area (Å²) in [5.74, 6) is 2.32. The number of rotatable bonds is 8. The van der Waals surface area contributed by atoms with E-state index in [9.17, 15) is 0 Å². The molecular weight excluding hydrogens is 238 g/mol. The predicted octanol–water partition coefficient (Wildman–Crippen LogP) is 2.07. The lowest BCUT2D eigenvalue weighted by Gasteiger charge is -2.13. The van der Waals surface area contributed by atoms with Crippen molar-refractivity contribution in [2.45, 2.75) is 39.5 Å². The summed E-state index contributed by atoms with van der Waals surface area (Å²) in [6.45, 7) is 6.13. The second-order valence-corrected chi connectivity index (χ2v) is 5.19. The largest absolute Gasteiger partial charge is 0.383 e. The van der Waals surface area contributed by atoms with Crippen LogP contribution in [0.1, 0.15) is 37.6 Å². The molecule has 19 heavy (non-hydrogen) atoms. The van der Waals surface area contributed by atoms with E-state index in [1.807, 2.05) is 6.92 Å². The van der Waals surface area contributed by atoms with Gasteiger partial charge in [-0.25, -0.2) is 9.97 Å². The van der Waals surface area contributed by atoms with Gasteiger partial charge in [-0.05, 0) is 46.8 Å². The lowest BCUT2D eigenvalue weighted by Crippen LogP contribution is -2.15. The summed E-state index contributed by atoms with van der Waals surface area (Å²) >= 11 is 0. The number of nitrogens with two attached hydrogens (primary N) is 1. The van der Waals surface area contributed by atoms with Gasteiger partial charge in [0.1, 0.15) is 17.5 Å². The fourth-order valence-electron chi connectivity index (χ4n) is 1.85. The van der Waals surface area contributed by atoms with Crippen molar-refractivity contribution in [3.8, 4) is 0 Å². The summed E-state index contributed by atoms with van der Waals surface area (Å²) in [7, 11) is 4.19. The number of nitrogens with zero attached hydrogens (tertiary/aromatic N) is 3. The standard InChI is InChI=1S/C14H27N5/c1-5-8-12-17-13(15)11(2)14(18-12)16-9-6-7-10-19(3)4/h5-10H2,1-4H3,(H3,15,16,17,18). The highest BCUT2D eigenvalue weighted by Gasteiger charge is 2.07. The lowest BCUT2D eigenvalue weighted by atomic mass is 10.2. The van der Waals surface area contributed by atoms with E-state index in [2.05, 4.69) is 41.2 Å². The first-order valence-electron chi connectivity index (χ1n) is 7.06. The van der Waals surface area contributed by atoms with Gasteiger partial charge >= 0.3 is 0 Å². The third-order valence-corrected chi connectivity index (χ3v) is 3.03. The fraction of sp³-hybridized carbons (Fsp3) is 0.714. The molecule has 0 aliphatic carbocycles. The summed E-state index contributed by atoms with van der Waals surface area (Å²) in [6.07, 6.45) is 4.22. The van der Waals surface area contributed by atoms with Gasteiger partial charge in [-0.3, -0.25) is 0 Å². The summed E-state index contributed by atoms with van der Waals surface area (Å²) < 4.78 is 0. The van der Waals surface area contributed by atoms with Gasteiger partial charge in [-0.1, -0.05) is 6.92 Å². The highest BCUT2D eigenvalue weighted by Crippen LogP contribution is 2.17. The summed E-state index contributed by atoms with van der Waals surface area (Å²) in [6, 6.07) is 0. The molecule has 1 aromatic rings. The van der Waals surface area contributed by atoms with E-state index in [0.717, 1.165) is 49.6 Å². The second-order valence-electron chi connectivity index (χ2n) is 5.19. The van der Waals surface area contributed by atoms with Gasteiger partial charge in [0.15, 0.2) is 0 Å². The highest BCUT2D eigenvalue weighted by molar-refractivity contribution is 5.54. The smallest absolute Gasteiger partial charge is 0.134 e. The Morgan fingerprint density at radius 2 is 1.95 bits per heavy atom. The number of unbranched alkanes of at least 4 members (excludes halogenated alkanes) is 1. The van der Waals surface area contributed by atoms with Crippen LogP contribution in [0.3, 0.4) is 0 Å². The Kier molecular flexibility index (Phi) is 6.56. The topological polar surface area (TPSA) is 67.1 Å². The Hall–Kier alpha value is -1.36. The van der Waals surface area contributed by atoms with E-state index in [0.29, 0.717) is 5.82 Å². The first kappa shape index (κ1) is 15.7. The number of nitrogens with one attached hydrogen (secondary N) is 1. The minimum atomic E-state index is 0.592. The number of aromatic nitrogens is 2. The maximum Gasteiger partial charge on any atom is 0.134 e. The average Bonchev–Trinajstić information content (AvgIpc) is 2.34. The minimum absolute atomic E-state index is 0.592. The molecule has 0 spiro atoms. The van der Waals surface area contributed by atoms with Gasteiger partial charge < -0.3 is 16.0 Å². The first-order valence-corrected chi connectivity index (χ1v) is 7.06. The van der Waals surface area contributed by atoms with Crippen LogP contribution in [0.4, 0.5) is 11.6 Å². The van der Waals surface area contributed by atoms with Crippen molar-refractivity contribution in [1.82, 2.24) is 14.9 Å². The van der Waals surface area contributed by atoms with E-state index in [1.54, 1.807) is 0 Å². The van der Waals surface area contributed by atoms with Crippen molar-refractivity contribution in [1.29, 1.82) is 0 Å². The van der Waals surface area contributed by atoms with Crippen molar-refractivity contribution in [2.24, 2.45) is 0 Å². The Balaban J connectivity index is 2.52. The molecule has 0 unspecified atom stereocenters. The number of hydrogen-bond acceptors (Lipinski definition) is 5. The molecule has 0 saturated carbocycles. The molecule has 108 valence electrons. The van der Waals surface area contributed by atoms with Crippen LogP contribution in [-0.4, -0.2) is 42.1 Å². The maximum absolute atomic E-state index is 5.92. The number of hydrogen-bond donors (Lipinski definition) is 2. The monoisotopic (exact) mass is 265 g/mol. The fourth-order valence-corrected chi connectivity index (χ4v) is 1.85. The van der Waals surface area contributed by atoms with Crippen LogP contribution in [-0.2, 0) is 6.42 Å². The van der Waals surface area contributed by atoms with Gasteiger partial charge in [0.25, 0.3) is 0 Å². The second kappa shape index (κ2) is 7.94. The van der Waals surface area contributed by atoms with Crippen molar-refractivity contribution < 1.29 is 0 Å². The van der Waals surface area contributed by atoms with Crippen LogP contribution in [0.15, 0.2) is 0 Å². The highest BCUT2D eigenvalue weighted by atomic mass is 15.1. The third kappa shape index (κ3) is 5.42. The zero-order chi connectivity index (χ0) is 14.3. The van der Waals surface area contributed by atoms with Crippen molar-refractivity contribution >= 4 is 11.6 Å². The van der Waals surface area contributed by atoms with Crippen LogP contribution in [0.2, 0.25) is 0 Å². The molecule has 0 radical (unpaired) electrons. The van der Waals surface area contributed by atoms with Gasteiger partial charge in [-0.2, -0.15) is 0 Å². The molecule has 0 aliphatic rings. The number of anilines is 2. The Labute approximate surface area is 116 Å². The van der Waals surface area contributed by atoms with Crippen LogP contribution in [0, 0.1) is 6.92 Å². The van der Waals surface area contributed by atoms with Crippen molar-refractivity contribution in [2.75, 3.05) is 38.2 Å². The quantitative estimate of drug-likeness (QED) is 0.704. The molecule has 0 fully saturated rings. The van der Waals surface area contributed by atoms with Crippen LogP contribution < -0.4 is 11.1 Å². The molecule has 0 atom stereocenters. The molecule has 5 heteroatoms. The molecule has 0 aromatic carbocycles. The lowest BCUT2D eigenvalue weighted by molar-refractivity contribution is 0.396. The van der Waals surface area contributed by atoms with Crippen molar-refractivity contribution in [3.05, 3.63) is 11.4 Å². The molecule has 0 bridgehead atoms. The van der Waals surface area contributed by atoms with Gasteiger partial charge in [-0.15, -0.1) is 0 Å². The minimum Gasteiger partial charge on any atom is -0.383 e. The predicted molar refractivity (Wildman–Crippen MR) is 81.5 cm³/mol. The molecule has 5 nitrogen and oxygen atoms in total. The van der Waals surface area contributed by atoms with E-state index < -0.39 is 0 Å². The molecule has 1 heterocycles. The Morgan fingerprint density at radius 3 is 2.58 bits per heavy atom. The zero-order valence-electron chi connectivity index (χ0n) is 12.7. The molecule has 0 amide bonds. The van der Waals surface area contributed by atoms with Gasteiger partial charge in [0, 0.05) is 18.5 Å². The molecular formula is C14H27N5. The Bertz CT molecular complexity index is 390. The van der Waals surface area contributed by atoms with Gasteiger partial charge in [0.2, 0.25) is 0 Å². The van der Waals surface area contributed by atoms with E-state index in [1.165, 1.54) is 6.42 Å². The summed E-state index contributed by atoms with van der Waals surface area (Å²) in [5, 5.41) is 3.38. The number of nitrogen functional groups attached to an aromatic ring is 1. The van der Waals surface area contributed by atoms with Crippen molar-refractivity contribution in [3.63, 3.8) is 0 Å². The number of aryl methyl sites for hydroxylation is 1. The molecule has 0 aliphatic heterocycles. The Morgan fingerprint density at radius 1 is 1.21 bits per heavy atom. The third-order valence-electron chi connectivity index (χ3n) is 3.03. The van der Waals surface area contributed by atoms with E-state index in [-0.39, 0.29) is 0 Å². The van der Waals surface area contributed by atoms with Crippen LogP contribution >= 0.6 is 0 Å². The molecule has 1 aromatic heterocycles. The maximum atomic E-state index is 5.92. The molecule has 3 N–H and O–H groups in total. The van der Waals surface area contributed by atoms with Crippen LogP contribution in [0.25, 0.3) is 0 Å². The summed E-state index contributed by atoms with van der Waals surface area (Å²) in [5.41, 5.74) is 6.88. The van der Waals surface area contributed by atoms with E-state index in [4.69, 9.17) is 5.73 Å². The SMILES string of the molecule is CCCc1nc(N)c(C)c(NCCCCN(C)C)n1.